The molecule has 0 bridgehead atoms. The van der Waals surface area contributed by atoms with Gasteiger partial charge in [-0.15, -0.1) is 0 Å². The van der Waals surface area contributed by atoms with Gasteiger partial charge < -0.3 is 19.3 Å². The predicted octanol–water partition coefficient (Wildman–Crippen LogP) is 5.23. The number of nitrogens with zero attached hydrogens (tertiary/aromatic N) is 8. The lowest BCUT2D eigenvalue weighted by atomic mass is 9.72. The van der Waals surface area contributed by atoms with E-state index in [-0.39, 0.29) is 17.1 Å². The van der Waals surface area contributed by atoms with E-state index in [1.807, 2.05) is 75.1 Å². The lowest BCUT2D eigenvalue weighted by Gasteiger charge is -2.53. The molecule has 2 saturated heterocycles. The van der Waals surface area contributed by atoms with E-state index in [0.717, 1.165) is 48.1 Å². The van der Waals surface area contributed by atoms with Gasteiger partial charge in [-0.05, 0) is 63.4 Å². The minimum absolute atomic E-state index is 0.0607. The number of likely N-dealkylation sites (tertiary alicyclic amines) is 1. The molecule has 2 aliphatic rings. The van der Waals surface area contributed by atoms with Gasteiger partial charge in [-0.2, -0.15) is 15.2 Å². The molecule has 7 rings (SSSR count). The number of carbonyl (C=O) groups excluding carboxylic acids is 1. The largest absolute Gasteiger partial charge is 0.497 e. The van der Waals surface area contributed by atoms with Crippen LogP contribution in [0.25, 0.3) is 33.2 Å². The number of benzene rings is 2. The van der Waals surface area contributed by atoms with Crippen molar-refractivity contribution in [2.45, 2.75) is 45.8 Å². The average molecular weight is 659 g/mol. The van der Waals surface area contributed by atoms with Gasteiger partial charge in [-0.3, -0.25) is 18.7 Å². The third-order valence-electron chi connectivity index (χ3n) is 9.25. The van der Waals surface area contributed by atoms with Crippen LogP contribution < -0.4 is 15.2 Å². The van der Waals surface area contributed by atoms with E-state index in [1.165, 1.54) is 0 Å². The quantitative estimate of drug-likeness (QED) is 0.252. The number of hydrogen-bond donors (Lipinski definition) is 0. The molecule has 2 fully saturated rings. The number of aryl methyl sites for hydroxylation is 1. The van der Waals surface area contributed by atoms with Crippen molar-refractivity contribution in [2.24, 2.45) is 19.5 Å². The summed E-state index contributed by atoms with van der Waals surface area (Å²) in [5.41, 5.74) is 2.77. The number of aromatic nitrogens is 6. The zero-order chi connectivity index (χ0) is 33.2. The van der Waals surface area contributed by atoms with Gasteiger partial charge in [0.05, 0.1) is 29.9 Å². The summed E-state index contributed by atoms with van der Waals surface area (Å²) in [6.07, 6.45) is 3.39. The van der Waals surface area contributed by atoms with E-state index in [0.29, 0.717) is 52.9 Å². The van der Waals surface area contributed by atoms with Crippen LogP contribution in [0.1, 0.15) is 39.2 Å². The van der Waals surface area contributed by atoms with Crippen LogP contribution in [0.4, 0.5) is 10.7 Å². The van der Waals surface area contributed by atoms with Gasteiger partial charge in [0.15, 0.2) is 5.65 Å². The summed E-state index contributed by atoms with van der Waals surface area (Å²) < 4.78 is 16.1. The molecule has 246 valence electrons. The monoisotopic (exact) mass is 658 g/mol. The van der Waals surface area contributed by atoms with E-state index in [2.05, 4.69) is 10.00 Å². The normalized spacial score (nSPS) is 16.2. The average Bonchev–Trinajstić information content (AvgIpc) is 3.57. The molecule has 0 atom stereocenters. The maximum absolute atomic E-state index is 14.2. The molecule has 2 aliphatic heterocycles. The highest BCUT2D eigenvalue weighted by molar-refractivity contribution is 6.38. The Morgan fingerprint density at radius 2 is 1.72 bits per heavy atom. The number of rotatable bonds is 5. The summed E-state index contributed by atoms with van der Waals surface area (Å²) >= 11 is 7.03. The first-order valence-corrected chi connectivity index (χ1v) is 16.2. The van der Waals surface area contributed by atoms with Gasteiger partial charge in [-0.1, -0.05) is 23.7 Å². The molecule has 13 heteroatoms. The van der Waals surface area contributed by atoms with Crippen molar-refractivity contribution in [3.8, 4) is 17.0 Å². The second kappa shape index (κ2) is 11.3. The number of fused-ring (bicyclic) bond motifs is 2. The molecule has 5 aromatic rings. The maximum atomic E-state index is 14.2. The highest BCUT2D eigenvalue weighted by Crippen LogP contribution is 2.42. The molecule has 0 saturated carbocycles. The number of hydrogen-bond acceptors (Lipinski definition) is 8. The Morgan fingerprint density at radius 3 is 2.38 bits per heavy atom. The summed E-state index contributed by atoms with van der Waals surface area (Å²) in [7, 11) is 5.25. The topological polar surface area (TPSA) is 113 Å². The Labute approximate surface area is 277 Å². The van der Waals surface area contributed by atoms with Crippen LogP contribution in [0, 0.1) is 5.41 Å². The summed E-state index contributed by atoms with van der Waals surface area (Å²) in [6.45, 7) is 8.85. The molecule has 1 amide bonds. The molecule has 0 N–H and O–H groups in total. The van der Waals surface area contributed by atoms with E-state index < -0.39 is 5.60 Å². The highest BCUT2D eigenvalue weighted by atomic mass is 35.5. The maximum Gasteiger partial charge on any atom is 0.410 e. The number of carbonyl (C=O) groups is 1. The van der Waals surface area contributed by atoms with Gasteiger partial charge in [0.25, 0.3) is 5.56 Å². The Balaban J connectivity index is 1.23. The van der Waals surface area contributed by atoms with Gasteiger partial charge >= 0.3 is 6.09 Å². The van der Waals surface area contributed by atoms with Gasteiger partial charge in [-0.25, -0.2) is 4.79 Å². The molecule has 1 spiro atoms. The van der Waals surface area contributed by atoms with Crippen molar-refractivity contribution in [2.75, 3.05) is 38.2 Å². The van der Waals surface area contributed by atoms with Crippen LogP contribution in [0.5, 0.6) is 5.75 Å². The fourth-order valence-electron chi connectivity index (χ4n) is 6.81. The molecule has 2 aromatic carbocycles. The minimum atomic E-state index is -0.517. The third kappa shape index (κ3) is 5.58. The fraction of sp³-hybridized carbons (Fsp3) is 0.441. The highest BCUT2D eigenvalue weighted by Gasteiger charge is 2.48. The fourth-order valence-corrected chi connectivity index (χ4v) is 7.10. The summed E-state index contributed by atoms with van der Waals surface area (Å²) in [6, 6.07) is 11.6. The second-order valence-corrected chi connectivity index (χ2v) is 14.2. The van der Waals surface area contributed by atoms with Gasteiger partial charge in [0.2, 0.25) is 5.95 Å². The number of methoxy groups -OCH3 is 1. The van der Waals surface area contributed by atoms with E-state index in [9.17, 15) is 9.59 Å². The van der Waals surface area contributed by atoms with Crippen LogP contribution in [-0.4, -0.2) is 79.0 Å². The van der Waals surface area contributed by atoms with Crippen molar-refractivity contribution in [3.63, 3.8) is 0 Å². The lowest BCUT2D eigenvalue weighted by Crippen LogP contribution is -2.62. The van der Waals surface area contributed by atoms with Gasteiger partial charge in [0, 0.05) is 62.8 Å². The first-order chi connectivity index (χ1) is 22.3. The number of piperidine rings is 1. The van der Waals surface area contributed by atoms with Crippen LogP contribution in [0.3, 0.4) is 0 Å². The van der Waals surface area contributed by atoms with Crippen molar-refractivity contribution in [1.29, 1.82) is 0 Å². The number of ether oxygens (including phenoxy) is 2. The molecular weight excluding hydrogens is 620 g/mol. The Morgan fingerprint density at radius 1 is 1.02 bits per heavy atom. The van der Waals surface area contributed by atoms with E-state index in [4.69, 9.17) is 31.2 Å². The summed E-state index contributed by atoms with van der Waals surface area (Å²) in [4.78, 5) is 35.7. The van der Waals surface area contributed by atoms with Gasteiger partial charge in [0.1, 0.15) is 16.7 Å². The van der Waals surface area contributed by atoms with Crippen molar-refractivity contribution in [1.82, 2.24) is 34.0 Å². The summed E-state index contributed by atoms with van der Waals surface area (Å²) in [5, 5.41) is 11.1. The predicted molar refractivity (Wildman–Crippen MR) is 181 cm³/mol. The van der Waals surface area contributed by atoms with Crippen LogP contribution in [0.15, 0.2) is 47.4 Å². The smallest absolute Gasteiger partial charge is 0.410 e. The van der Waals surface area contributed by atoms with E-state index in [1.54, 1.807) is 28.3 Å². The molecule has 12 nitrogen and oxygen atoms in total. The molecule has 0 radical (unpaired) electrons. The Hall–Kier alpha value is -4.58. The standard InChI is InChI=1S/C34H39ClN8O4/c1-33(2,3)47-32(45)42-19-34(20-42)13-15-41(16-14-34)31-36-29-26(30(44)40(31)5)28(23-11-12-25-24(27(23)35)18-39(4)37-25)43(38-29)17-21-7-9-22(46-6)10-8-21/h7-12,18H,13-17,19-20H2,1-6H3. The SMILES string of the molecule is COc1ccc(Cn2nc3nc(N4CCC5(CC4)CN(C(=O)OC(C)(C)C)C5)n(C)c(=O)c3c2-c2ccc3nn(C)cc3c2Cl)cc1. The molecular formula is C34H39ClN8O4. The molecule has 5 heterocycles. The lowest BCUT2D eigenvalue weighted by molar-refractivity contribution is -0.0435. The third-order valence-corrected chi connectivity index (χ3v) is 9.66. The molecule has 0 aliphatic carbocycles. The van der Waals surface area contributed by atoms with Crippen molar-refractivity contribution < 1.29 is 14.3 Å². The number of anilines is 1. The molecule has 3 aromatic heterocycles. The second-order valence-electron chi connectivity index (χ2n) is 13.8. The Kier molecular flexibility index (Phi) is 7.46. The van der Waals surface area contributed by atoms with Crippen molar-refractivity contribution in [3.05, 3.63) is 63.5 Å². The molecule has 0 unspecified atom stereocenters. The van der Waals surface area contributed by atoms with Crippen LogP contribution in [0.2, 0.25) is 5.02 Å². The first kappa shape index (κ1) is 31.0. The summed E-state index contributed by atoms with van der Waals surface area (Å²) in [5.74, 6) is 1.34. The van der Waals surface area contributed by atoms with E-state index >= 15 is 0 Å². The number of amides is 1. The Bertz CT molecular complexity index is 2060. The van der Waals surface area contributed by atoms with Crippen molar-refractivity contribution >= 4 is 45.6 Å². The molecule has 47 heavy (non-hydrogen) atoms. The van der Waals surface area contributed by atoms with Crippen LogP contribution >= 0.6 is 11.6 Å². The van der Waals surface area contributed by atoms with Crippen LogP contribution in [-0.2, 0) is 25.4 Å². The first-order valence-electron chi connectivity index (χ1n) is 15.8. The number of halogens is 1. The zero-order valence-corrected chi connectivity index (χ0v) is 28.3. The zero-order valence-electron chi connectivity index (χ0n) is 27.6. The minimum Gasteiger partial charge on any atom is -0.497 e.